The standard InChI is InChI=1S/C15H23N3O/c19-18-11-13(12-6-9-16-10-7-12)4-5-15(18)14-3-1-2-8-17-14/h4-5,11-12,14,16-17H,1-3,6-10H2. The predicted molar refractivity (Wildman–Crippen MR) is 74.8 cm³/mol. The Hall–Kier alpha value is -1.13. The van der Waals surface area contributed by atoms with E-state index < -0.39 is 0 Å². The van der Waals surface area contributed by atoms with Crippen LogP contribution in [0, 0.1) is 5.21 Å². The number of pyridine rings is 1. The van der Waals surface area contributed by atoms with Gasteiger partial charge in [0.25, 0.3) is 0 Å². The minimum Gasteiger partial charge on any atom is -0.618 e. The van der Waals surface area contributed by atoms with Gasteiger partial charge in [0.05, 0.1) is 6.04 Å². The highest BCUT2D eigenvalue weighted by atomic mass is 16.5. The van der Waals surface area contributed by atoms with Gasteiger partial charge in [-0.15, -0.1) is 0 Å². The summed E-state index contributed by atoms with van der Waals surface area (Å²) in [6.45, 7) is 3.16. The van der Waals surface area contributed by atoms with Gasteiger partial charge in [-0.1, -0.05) is 6.42 Å². The summed E-state index contributed by atoms with van der Waals surface area (Å²) in [5.41, 5.74) is 2.09. The van der Waals surface area contributed by atoms with Gasteiger partial charge in [-0.3, -0.25) is 0 Å². The van der Waals surface area contributed by atoms with Crippen LogP contribution >= 0.6 is 0 Å². The van der Waals surface area contributed by atoms with Crippen LogP contribution < -0.4 is 15.4 Å². The molecule has 2 saturated heterocycles. The van der Waals surface area contributed by atoms with Crippen LogP contribution in [0.3, 0.4) is 0 Å². The largest absolute Gasteiger partial charge is 0.618 e. The molecule has 0 aliphatic carbocycles. The molecule has 0 saturated carbocycles. The first-order valence-corrected chi connectivity index (χ1v) is 7.52. The van der Waals surface area contributed by atoms with Crippen molar-refractivity contribution in [2.24, 2.45) is 0 Å². The lowest BCUT2D eigenvalue weighted by atomic mass is 9.91. The maximum Gasteiger partial charge on any atom is 0.209 e. The van der Waals surface area contributed by atoms with Crippen LogP contribution in [-0.4, -0.2) is 19.6 Å². The monoisotopic (exact) mass is 261 g/mol. The molecule has 3 heterocycles. The second-order valence-corrected chi connectivity index (χ2v) is 5.74. The van der Waals surface area contributed by atoms with Gasteiger partial charge in [0.1, 0.15) is 0 Å². The normalized spacial score (nSPS) is 25.4. The molecule has 4 heteroatoms. The summed E-state index contributed by atoms with van der Waals surface area (Å²) in [6, 6.07) is 4.44. The van der Waals surface area contributed by atoms with Gasteiger partial charge in [-0.05, 0) is 57.3 Å². The second kappa shape index (κ2) is 5.88. The lowest BCUT2D eigenvalue weighted by molar-refractivity contribution is -0.616. The van der Waals surface area contributed by atoms with Crippen molar-refractivity contribution >= 4 is 0 Å². The zero-order valence-corrected chi connectivity index (χ0v) is 11.4. The maximum atomic E-state index is 12.2. The summed E-state index contributed by atoms with van der Waals surface area (Å²) in [6.07, 6.45) is 7.61. The Kier molecular flexibility index (Phi) is 3.99. The van der Waals surface area contributed by atoms with E-state index in [0.717, 1.165) is 49.3 Å². The number of hydrogen-bond donors (Lipinski definition) is 2. The summed E-state index contributed by atoms with van der Waals surface area (Å²) in [5.74, 6) is 0.551. The summed E-state index contributed by atoms with van der Waals surface area (Å²) in [5, 5.41) is 19.1. The topological polar surface area (TPSA) is 51.0 Å². The second-order valence-electron chi connectivity index (χ2n) is 5.74. The molecule has 2 aliphatic rings. The Morgan fingerprint density at radius 3 is 2.58 bits per heavy atom. The van der Waals surface area contributed by atoms with E-state index in [2.05, 4.69) is 16.7 Å². The fourth-order valence-electron chi connectivity index (χ4n) is 3.28. The molecule has 0 amide bonds. The summed E-state index contributed by atoms with van der Waals surface area (Å²) >= 11 is 0. The number of rotatable bonds is 2. The maximum absolute atomic E-state index is 12.2. The summed E-state index contributed by atoms with van der Waals surface area (Å²) < 4.78 is 1.10. The van der Waals surface area contributed by atoms with E-state index in [1.165, 1.54) is 18.4 Å². The molecule has 0 bridgehead atoms. The highest BCUT2D eigenvalue weighted by Crippen LogP contribution is 2.26. The molecule has 0 aromatic carbocycles. The zero-order chi connectivity index (χ0) is 13.1. The predicted octanol–water partition coefficient (Wildman–Crippen LogP) is 1.60. The van der Waals surface area contributed by atoms with Crippen molar-refractivity contribution in [3.05, 3.63) is 34.8 Å². The molecule has 4 nitrogen and oxygen atoms in total. The van der Waals surface area contributed by atoms with Gasteiger partial charge >= 0.3 is 0 Å². The molecule has 1 aromatic rings. The van der Waals surface area contributed by atoms with Crippen molar-refractivity contribution < 1.29 is 4.73 Å². The van der Waals surface area contributed by atoms with Crippen LogP contribution in [0.4, 0.5) is 0 Å². The molecule has 1 unspecified atom stereocenters. The number of nitrogens with one attached hydrogen (secondary N) is 2. The Balaban J connectivity index is 1.76. The third kappa shape index (κ3) is 2.90. The van der Waals surface area contributed by atoms with Crippen molar-refractivity contribution in [1.82, 2.24) is 10.6 Å². The molecule has 3 rings (SSSR count). The van der Waals surface area contributed by atoms with E-state index in [-0.39, 0.29) is 6.04 Å². The first kappa shape index (κ1) is 12.9. The molecular weight excluding hydrogens is 238 g/mol. The van der Waals surface area contributed by atoms with Gasteiger partial charge in [0.2, 0.25) is 5.69 Å². The molecule has 2 N–H and O–H groups in total. The number of piperidine rings is 2. The van der Waals surface area contributed by atoms with E-state index in [1.54, 1.807) is 0 Å². The molecule has 104 valence electrons. The Bertz CT molecular complexity index is 423. The van der Waals surface area contributed by atoms with Gasteiger partial charge in [-0.2, -0.15) is 4.73 Å². The fraction of sp³-hybridized carbons (Fsp3) is 0.667. The van der Waals surface area contributed by atoms with Gasteiger partial charge < -0.3 is 15.8 Å². The van der Waals surface area contributed by atoms with E-state index in [1.807, 2.05) is 12.3 Å². The van der Waals surface area contributed by atoms with E-state index in [9.17, 15) is 5.21 Å². The van der Waals surface area contributed by atoms with Crippen LogP contribution in [0.1, 0.15) is 55.3 Å². The van der Waals surface area contributed by atoms with E-state index in [4.69, 9.17) is 0 Å². The molecule has 19 heavy (non-hydrogen) atoms. The molecule has 2 aliphatic heterocycles. The zero-order valence-electron chi connectivity index (χ0n) is 11.4. The van der Waals surface area contributed by atoms with Crippen LogP contribution in [0.25, 0.3) is 0 Å². The van der Waals surface area contributed by atoms with Crippen molar-refractivity contribution in [3.8, 4) is 0 Å². The van der Waals surface area contributed by atoms with Crippen molar-refractivity contribution in [2.75, 3.05) is 19.6 Å². The van der Waals surface area contributed by atoms with Gasteiger partial charge in [-0.25, -0.2) is 0 Å². The number of nitrogens with zero attached hydrogens (tertiary/aromatic N) is 1. The SMILES string of the molecule is [O-][n+]1cc(C2CCNCC2)ccc1C1CCCCN1. The van der Waals surface area contributed by atoms with Crippen LogP contribution in [-0.2, 0) is 0 Å². The van der Waals surface area contributed by atoms with E-state index >= 15 is 0 Å². The minimum absolute atomic E-state index is 0.244. The molecule has 0 spiro atoms. The fourth-order valence-corrected chi connectivity index (χ4v) is 3.28. The highest BCUT2D eigenvalue weighted by Gasteiger charge is 2.24. The molecular formula is C15H23N3O. The van der Waals surface area contributed by atoms with E-state index in [0.29, 0.717) is 5.92 Å². The van der Waals surface area contributed by atoms with Crippen molar-refractivity contribution in [1.29, 1.82) is 0 Å². The molecule has 2 fully saturated rings. The highest BCUT2D eigenvalue weighted by molar-refractivity contribution is 5.17. The third-order valence-electron chi connectivity index (χ3n) is 4.45. The lowest BCUT2D eigenvalue weighted by Crippen LogP contribution is -2.40. The van der Waals surface area contributed by atoms with Crippen LogP contribution in [0.15, 0.2) is 18.3 Å². The smallest absolute Gasteiger partial charge is 0.209 e. The first-order chi connectivity index (χ1) is 9.34. The van der Waals surface area contributed by atoms with Crippen LogP contribution in [0.2, 0.25) is 0 Å². The Morgan fingerprint density at radius 1 is 1.05 bits per heavy atom. The lowest BCUT2D eigenvalue weighted by Gasteiger charge is -2.24. The Labute approximate surface area is 114 Å². The van der Waals surface area contributed by atoms with Crippen molar-refractivity contribution in [3.63, 3.8) is 0 Å². The summed E-state index contributed by atoms with van der Waals surface area (Å²) in [4.78, 5) is 0. The van der Waals surface area contributed by atoms with Crippen LogP contribution in [0.5, 0.6) is 0 Å². The molecule has 0 radical (unpaired) electrons. The number of aromatic nitrogens is 1. The Morgan fingerprint density at radius 2 is 1.89 bits per heavy atom. The average Bonchev–Trinajstić information content (AvgIpc) is 2.49. The average molecular weight is 261 g/mol. The molecule has 1 aromatic heterocycles. The van der Waals surface area contributed by atoms with Crippen molar-refractivity contribution in [2.45, 2.75) is 44.1 Å². The quantitative estimate of drug-likeness (QED) is 0.628. The third-order valence-corrected chi connectivity index (χ3v) is 4.45. The van der Waals surface area contributed by atoms with Gasteiger partial charge in [0.15, 0.2) is 6.20 Å². The van der Waals surface area contributed by atoms with Gasteiger partial charge in [0, 0.05) is 11.6 Å². The minimum atomic E-state index is 0.244. The number of hydrogen-bond acceptors (Lipinski definition) is 3. The summed E-state index contributed by atoms with van der Waals surface area (Å²) in [7, 11) is 0. The first-order valence-electron chi connectivity index (χ1n) is 7.52. The molecule has 1 atom stereocenters.